The molecule has 0 amide bonds. The molecule has 0 unspecified atom stereocenters. The molecule has 62 heavy (non-hydrogen) atoms. The van der Waals surface area contributed by atoms with Gasteiger partial charge in [0.2, 0.25) is 0 Å². The molecule has 2 nitrogen and oxygen atoms in total. The van der Waals surface area contributed by atoms with Gasteiger partial charge in [-0.15, -0.1) is 11.3 Å². The molecular formula is C58H57BN2S. The van der Waals surface area contributed by atoms with Gasteiger partial charge in [0.15, 0.2) is 0 Å². The molecule has 0 fully saturated rings. The maximum absolute atomic E-state index is 2.74. The smallest absolute Gasteiger partial charge is 0.260 e. The number of para-hydroxylation sites is 2. The predicted molar refractivity (Wildman–Crippen MR) is 270 cm³/mol. The highest BCUT2D eigenvalue weighted by Crippen LogP contribution is 2.52. The van der Waals surface area contributed by atoms with Crippen molar-refractivity contribution < 1.29 is 0 Å². The highest BCUT2D eigenvalue weighted by Gasteiger charge is 2.46. The molecule has 2 aliphatic carbocycles. The molecule has 0 radical (unpaired) electrons. The summed E-state index contributed by atoms with van der Waals surface area (Å²) in [5.74, 6) is 0.467. The summed E-state index contributed by atoms with van der Waals surface area (Å²) >= 11 is 2.05. The van der Waals surface area contributed by atoms with Gasteiger partial charge in [0.1, 0.15) is 0 Å². The van der Waals surface area contributed by atoms with Gasteiger partial charge >= 0.3 is 0 Å². The summed E-state index contributed by atoms with van der Waals surface area (Å²) < 4.78 is 2.90. The number of fused-ring (bicyclic) bond motifs is 7. The number of rotatable bonds is 5. The number of aryl methyl sites for hydroxylation is 1. The van der Waals surface area contributed by atoms with Gasteiger partial charge in [0, 0.05) is 46.0 Å². The lowest BCUT2D eigenvalue weighted by atomic mass is 9.35. The van der Waals surface area contributed by atoms with E-state index in [1.54, 1.807) is 0 Å². The Morgan fingerprint density at radius 3 is 2.15 bits per heavy atom. The van der Waals surface area contributed by atoms with E-state index in [1.165, 1.54) is 117 Å². The molecule has 3 heterocycles. The predicted octanol–water partition coefficient (Wildman–Crippen LogP) is 13.9. The summed E-state index contributed by atoms with van der Waals surface area (Å²) in [6.07, 6.45) is 11.7. The van der Waals surface area contributed by atoms with Crippen molar-refractivity contribution in [1.82, 2.24) is 0 Å². The lowest BCUT2D eigenvalue weighted by Crippen LogP contribution is -2.60. The number of thiophene rings is 1. The van der Waals surface area contributed by atoms with E-state index >= 15 is 0 Å². The first kappa shape index (κ1) is 39.3. The third-order valence-electron chi connectivity index (χ3n) is 14.7. The molecule has 308 valence electrons. The van der Waals surface area contributed by atoms with Gasteiger partial charge in [-0.1, -0.05) is 151 Å². The lowest BCUT2D eigenvalue weighted by Gasteiger charge is -2.46. The van der Waals surface area contributed by atoms with Gasteiger partial charge in [-0.05, 0) is 145 Å². The van der Waals surface area contributed by atoms with Crippen LogP contribution in [-0.4, -0.2) is 6.71 Å². The molecule has 7 aromatic rings. The van der Waals surface area contributed by atoms with Crippen LogP contribution >= 0.6 is 11.3 Å². The minimum atomic E-state index is 0.0488. The van der Waals surface area contributed by atoms with Crippen LogP contribution in [0.1, 0.15) is 112 Å². The van der Waals surface area contributed by atoms with Gasteiger partial charge in [0.05, 0.1) is 5.69 Å². The zero-order valence-corrected chi connectivity index (χ0v) is 38.3. The number of nitrogens with zero attached hydrogens (tertiary/aromatic N) is 2. The minimum Gasteiger partial charge on any atom is -0.363 e. The van der Waals surface area contributed by atoms with Crippen LogP contribution in [0.2, 0.25) is 0 Å². The minimum absolute atomic E-state index is 0.0488. The van der Waals surface area contributed by atoms with Crippen LogP contribution in [0.15, 0.2) is 140 Å². The summed E-state index contributed by atoms with van der Waals surface area (Å²) in [5.41, 5.74) is 21.9. The Morgan fingerprint density at radius 2 is 1.42 bits per heavy atom. The van der Waals surface area contributed by atoms with Gasteiger partial charge < -0.3 is 9.80 Å². The number of hydrogen-bond acceptors (Lipinski definition) is 3. The Hall–Kier alpha value is -5.58. The SMILES string of the molecule is Cc1cc2c3c(c1)N(c1c(C4=CCCC=C4)cccc1-c1ccccc1)c1cc4c(cc1B3c1sc3cc(C(C)C)ccc3c1CN(c1ccccc1)C2)C(C)(C)CCC4(C)C. The van der Waals surface area contributed by atoms with Crippen molar-refractivity contribution in [1.29, 1.82) is 0 Å². The van der Waals surface area contributed by atoms with E-state index in [0.717, 1.165) is 25.9 Å². The van der Waals surface area contributed by atoms with Crippen molar-refractivity contribution in [3.8, 4) is 11.1 Å². The van der Waals surface area contributed by atoms with Crippen molar-refractivity contribution in [3.05, 3.63) is 178 Å². The second-order valence-electron chi connectivity index (χ2n) is 20.1. The van der Waals surface area contributed by atoms with Crippen molar-refractivity contribution in [2.45, 2.75) is 104 Å². The number of allylic oxidation sites excluding steroid dienone is 4. The average Bonchev–Trinajstić information content (AvgIpc) is 3.62. The fourth-order valence-electron chi connectivity index (χ4n) is 11.2. The quantitative estimate of drug-likeness (QED) is 0.160. The first-order valence-corrected chi connectivity index (χ1v) is 23.8. The molecule has 1 aromatic heterocycles. The first-order valence-electron chi connectivity index (χ1n) is 23.0. The van der Waals surface area contributed by atoms with Gasteiger partial charge in [-0.25, -0.2) is 0 Å². The summed E-state index contributed by atoms with van der Waals surface area (Å²) in [7, 11) is 0. The number of hydrogen-bond donors (Lipinski definition) is 0. The Bertz CT molecular complexity index is 2970. The van der Waals surface area contributed by atoms with E-state index in [-0.39, 0.29) is 17.5 Å². The third-order valence-corrected chi connectivity index (χ3v) is 16.0. The molecule has 0 spiro atoms. The van der Waals surface area contributed by atoms with E-state index in [9.17, 15) is 0 Å². The lowest BCUT2D eigenvalue weighted by molar-refractivity contribution is 0.332. The van der Waals surface area contributed by atoms with Crippen LogP contribution in [0.3, 0.4) is 0 Å². The van der Waals surface area contributed by atoms with Crippen molar-refractivity contribution in [3.63, 3.8) is 0 Å². The van der Waals surface area contributed by atoms with Gasteiger partial charge in [-0.2, -0.15) is 0 Å². The highest BCUT2D eigenvalue weighted by molar-refractivity contribution is 7.32. The fraction of sp³-hybridized carbons (Fsp3) is 0.276. The largest absolute Gasteiger partial charge is 0.363 e. The molecule has 4 heteroatoms. The maximum atomic E-state index is 2.74. The Kier molecular flexibility index (Phi) is 9.36. The second-order valence-corrected chi connectivity index (χ2v) is 21.2. The van der Waals surface area contributed by atoms with E-state index in [4.69, 9.17) is 0 Å². The molecule has 0 atom stereocenters. The molecule has 0 N–H and O–H groups in total. The normalized spacial score (nSPS) is 17.2. The Morgan fingerprint density at radius 1 is 0.694 bits per heavy atom. The zero-order valence-electron chi connectivity index (χ0n) is 37.5. The van der Waals surface area contributed by atoms with Crippen molar-refractivity contribution in [2.75, 3.05) is 9.80 Å². The average molecular weight is 825 g/mol. The zero-order chi connectivity index (χ0) is 42.5. The monoisotopic (exact) mass is 824 g/mol. The molecular weight excluding hydrogens is 768 g/mol. The summed E-state index contributed by atoms with van der Waals surface area (Å²) in [6, 6.07) is 47.1. The van der Waals surface area contributed by atoms with Crippen LogP contribution in [-0.2, 0) is 23.9 Å². The first-order chi connectivity index (χ1) is 30.0. The standard InChI is InChI=1S/C58H57BN2S/c1-37(2)41-26-27-46-47-36-60(43-22-15-10-16-23-43)35-42-30-38(3)31-52-54(42)59(56(47)62-53(46)32-41)50-33-48-49(58(6,7)29-28-57(48,4)5)34-51(50)61(52)55-44(39-18-11-8-12-19-39)24-17-25-45(55)40-20-13-9-14-21-40/h8,10-13,15-27,30-34,37H,9,14,28-29,35-36H2,1-7H3. The maximum Gasteiger partial charge on any atom is 0.260 e. The van der Waals surface area contributed by atoms with Gasteiger partial charge in [-0.3, -0.25) is 0 Å². The van der Waals surface area contributed by atoms with Crippen LogP contribution in [0.5, 0.6) is 0 Å². The van der Waals surface area contributed by atoms with Gasteiger partial charge in [0.25, 0.3) is 6.71 Å². The molecule has 2 aliphatic heterocycles. The molecule has 4 aliphatic rings. The van der Waals surface area contributed by atoms with Crippen LogP contribution in [0.4, 0.5) is 22.7 Å². The Labute approximate surface area is 373 Å². The van der Waals surface area contributed by atoms with Crippen LogP contribution < -0.4 is 25.5 Å². The van der Waals surface area contributed by atoms with E-state index in [0.29, 0.717) is 5.92 Å². The molecule has 0 saturated heterocycles. The topological polar surface area (TPSA) is 6.48 Å². The molecule has 0 saturated carbocycles. The van der Waals surface area contributed by atoms with Crippen molar-refractivity contribution >= 4 is 72.2 Å². The molecule has 0 bridgehead atoms. The summed E-state index contributed by atoms with van der Waals surface area (Å²) in [6.45, 7) is 18.7. The van der Waals surface area contributed by atoms with Crippen LogP contribution in [0.25, 0.3) is 26.8 Å². The highest BCUT2D eigenvalue weighted by atomic mass is 32.1. The second kappa shape index (κ2) is 14.8. The van der Waals surface area contributed by atoms with E-state index in [2.05, 4.69) is 209 Å². The summed E-state index contributed by atoms with van der Waals surface area (Å²) in [4.78, 5) is 5.39. The summed E-state index contributed by atoms with van der Waals surface area (Å²) in [5, 5.41) is 1.41. The fourth-order valence-corrected chi connectivity index (χ4v) is 12.6. The molecule has 6 aromatic carbocycles. The van der Waals surface area contributed by atoms with Crippen molar-refractivity contribution in [2.24, 2.45) is 0 Å². The third kappa shape index (κ3) is 6.35. The van der Waals surface area contributed by atoms with E-state index < -0.39 is 0 Å². The van der Waals surface area contributed by atoms with E-state index in [1.807, 2.05) is 0 Å². The Balaban J connectivity index is 1.30. The number of anilines is 4. The number of benzene rings is 6. The molecule has 11 rings (SSSR count). The van der Waals surface area contributed by atoms with Crippen LogP contribution in [0, 0.1) is 6.92 Å².